The number of halogens is 2. The van der Waals surface area contributed by atoms with E-state index in [-0.39, 0.29) is 0 Å². The van der Waals surface area contributed by atoms with Crippen molar-refractivity contribution in [2.24, 2.45) is 0 Å². The van der Waals surface area contributed by atoms with Crippen LogP contribution >= 0.6 is 27.5 Å². The maximum Gasteiger partial charge on any atom is 0.120 e. The predicted octanol–water partition coefficient (Wildman–Crippen LogP) is 5.83. The van der Waals surface area contributed by atoms with Gasteiger partial charge < -0.3 is 4.74 Å². The number of ether oxygens (including phenoxy) is 1. The Labute approximate surface area is 131 Å². The lowest BCUT2D eigenvalue weighted by Crippen LogP contribution is -1.95. The van der Waals surface area contributed by atoms with Crippen LogP contribution in [-0.2, 0) is 6.61 Å². The van der Waals surface area contributed by atoms with Crippen LogP contribution in [0.4, 0.5) is 0 Å². The molecule has 0 heterocycles. The minimum Gasteiger partial charge on any atom is -0.489 e. The highest BCUT2D eigenvalue weighted by Crippen LogP contribution is 2.25. The third-order valence-corrected chi connectivity index (χ3v) is 3.99. The van der Waals surface area contributed by atoms with Gasteiger partial charge in [-0.3, -0.25) is 0 Å². The van der Waals surface area contributed by atoms with Gasteiger partial charge in [0.2, 0.25) is 0 Å². The van der Waals surface area contributed by atoms with Crippen LogP contribution in [0, 0.1) is 0 Å². The zero-order valence-electron chi connectivity index (χ0n) is 10.6. The Morgan fingerprint density at radius 2 is 1.65 bits per heavy atom. The molecule has 0 aliphatic rings. The van der Waals surface area contributed by atoms with Crippen LogP contribution in [-0.4, -0.2) is 0 Å². The molecule has 0 aliphatic carbocycles. The molecule has 0 saturated carbocycles. The topological polar surface area (TPSA) is 9.23 Å². The molecule has 3 rings (SSSR count). The molecule has 0 N–H and O–H groups in total. The summed E-state index contributed by atoms with van der Waals surface area (Å²) in [7, 11) is 0. The maximum atomic E-state index is 6.12. The normalized spacial score (nSPS) is 10.7. The molecule has 0 aromatic heterocycles. The van der Waals surface area contributed by atoms with Gasteiger partial charge in [-0.05, 0) is 41.1 Å². The van der Waals surface area contributed by atoms with E-state index in [0.717, 1.165) is 26.2 Å². The minimum absolute atomic E-state index is 0.474. The zero-order chi connectivity index (χ0) is 13.9. The fourth-order valence-electron chi connectivity index (χ4n) is 2.06. The van der Waals surface area contributed by atoms with Crippen molar-refractivity contribution in [2.45, 2.75) is 6.61 Å². The van der Waals surface area contributed by atoms with Crippen molar-refractivity contribution in [1.29, 1.82) is 0 Å². The first-order valence-electron chi connectivity index (χ1n) is 6.28. The van der Waals surface area contributed by atoms with Crippen molar-refractivity contribution in [3.8, 4) is 5.75 Å². The molecule has 20 heavy (non-hydrogen) atoms. The zero-order valence-corrected chi connectivity index (χ0v) is 13.0. The van der Waals surface area contributed by atoms with Crippen molar-refractivity contribution >= 4 is 38.3 Å². The Morgan fingerprint density at radius 1 is 0.900 bits per heavy atom. The summed E-state index contributed by atoms with van der Waals surface area (Å²) in [6.45, 7) is 0.474. The van der Waals surface area contributed by atoms with Gasteiger partial charge in [0.25, 0.3) is 0 Å². The van der Waals surface area contributed by atoms with Gasteiger partial charge in [-0.1, -0.05) is 57.9 Å². The van der Waals surface area contributed by atoms with Crippen LogP contribution in [0.2, 0.25) is 5.02 Å². The van der Waals surface area contributed by atoms with E-state index >= 15 is 0 Å². The van der Waals surface area contributed by atoms with Gasteiger partial charge >= 0.3 is 0 Å². The molecule has 100 valence electrons. The molecule has 3 heteroatoms. The molecule has 0 amide bonds. The molecule has 0 bridgehead atoms. The predicted molar refractivity (Wildman–Crippen MR) is 87.4 cm³/mol. The number of hydrogen-bond acceptors (Lipinski definition) is 1. The number of rotatable bonds is 3. The summed E-state index contributed by atoms with van der Waals surface area (Å²) in [5.74, 6) is 0.847. The van der Waals surface area contributed by atoms with E-state index in [1.807, 2.05) is 42.5 Å². The third-order valence-electron chi connectivity index (χ3n) is 3.13. The molecule has 0 saturated heterocycles. The summed E-state index contributed by atoms with van der Waals surface area (Å²) >= 11 is 9.59. The second-order valence-corrected chi connectivity index (χ2v) is 5.86. The van der Waals surface area contributed by atoms with Crippen LogP contribution in [0.1, 0.15) is 5.56 Å². The van der Waals surface area contributed by atoms with Crippen molar-refractivity contribution < 1.29 is 4.74 Å². The molecule has 0 spiro atoms. The molecule has 0 unspecified atom stereocenters. The highest BCUT2D eigenvalue weighted by Gasteiger charge is 2.02. The molecular formula is C17H12BrClO. The van der Waals surface area contributed by atoms with Gasteiger partial charge in [0.15, 0.2) is 0 Å². The van der Waals surface area contributed by atoms with Gasteiger partial charge in [-0.15, -0.1) is 0 Å². The summed E-state index contributed by atoms with van der Waals surface area (Å²) in [6, 6.07) is 20.0. The van der Waals surface area contributed by atoms with Crippen molar-refractivity contribution in [1.82, 2.24) is 0 Å². The van der Waals surface area contributed by atoms with Crippen LogP contribution in [0.3, 0.4) is 0 Å². The fourth-order valence-corrected chi connectivity index (χ4v) is 2.63. The molecule has 0 radical (unpaired) electrons. The average molecular weight is 348 g/mol. The molecule has 1 nitrogen and oxygen atoms in total. The SMILES string of the molecule is Clc1ccccc1COc1ccc2cc(Br)ccc2c1. The van der Waals surface area contributed by atoms with E-state index < -0.39 is 0 Å². The highest BCUT2D eigenvalue weighted by atomic mass is 79.9. The van der Waals surface area contributed by atoms with Gasteiger partial charge in [0.05, 0.1) is 0 Å². The second kappa shape index (κ2) is 5.86. The van der Waals surface area contributed by atoms with Crippen LogP contribution in [0.25, 0.3) is 10.8 Å². The van der Waals surface area contributed by atoms with E-state index in [1.165, 1.54) is 5.39 Å². The quantitative estimate of drug-likeness (QED) is 0.579. The minimum atomic E-state index is 0.474. The van der Waals surface area contributed by atoms with Crippen LogP contribution in [0.5, 0.6) is 5.75 Å². The Morgan fingerprint density at radius 3 is 2.50 bits per heavy atom. The van der Waals surface area contributed by atoms with Crippen molar-refractivity contribution in [3.63, 3.8) is 0 Å². The molecule has 0 aliphatic heterocycles. The maximum absolute atomic E-state index is 6.12. The lowest BCUT2D eigenvalue weighted by Gasteiger charge is -2.09. The Balaban J connectivity index is 1.81. The number of hydrogen-bond donors (Lipinski definition) is 0. The Bertz CT molecular complexity index is 755. The van der Waals surface area contributed by atoms with Crippen molar-refractivity contribution in [3.05, 3.63) is 75.7 Å². The van der Waals surface area contributed by atoms with Gasteiger partial charge in [-0.25, -0.2) is 0 Å². The first kappa shape index (κ1) is 13.5. The second-order valence-electron chi connectivity index (χ2n) is 4.53. The molecular weight excluding hydrogens is 336 g/mol. The third kappa shape index (κ3) is 2.97. The lowest BCUT2D eigenvalue weighted by atomic mass is 10.1. The molecule has 0 atom stereocenters. The smallest absolute Gasteiger partial charge is 0.120 e. The van der Waals surface area contributed by atoms with Gasteiger partial charge in [-0.2, -0.15) is 0 Å². The highest BCUT2D eigenvalue weighted by molar-refractivity contribution is 9.10. The first-order chi connectivity index (χ1) is 9.72. The van der Waals surface area contributed by atoms with E-state index in [0.29, 0.717) is 6.61 Å². The van der Waals surface area contributed by atoms with Crippen LogP contribution < -0.4 is 4.74 Å². The lowest BCUT2D eigenvalue weighted by molar-refractivity contribution is 0.307. The number of fused-ring (bicyclic) bond motifs is 1. The van der Waals surface area contributed by atoms with Gasteiger partial charge in [0, 0.05) is 15.1 Å². The Kier molecular flexibility index (Phi) is 3.95. The Hall–Kier alpha value is -1.51. The molecule has 3 aromatic carbocycles. The monoisotopic (exact) mass is 346 g/mol. The molecule has 0 fully saturated rings. The largest absolute Gasteiger partial charge is 0.489 e. The van der Waals surface area contributed by atoms with E-state index in [2.05, 4.69) is 34.1 Å². The van der Waals surface area contributed by atoms with Gasteiger partial charge in [0.1, 0.15) is 12.4 Å². The summed E-state index contributed by atoms with van der Waals surface area (Å²) in [6.07, 6.45) is 0. The van der Waals surface area contributed by atoms with E-state index in [1.54, 1.807) is 0 Å². The van der Waals surface area contributed by atoms with E-state index in [9.17, 15) is 0 Å². The molecule has 3 aromatic rings. The average Bonchev–Trinajstić information content (AvgIpc) is 2.46. The fraction of sp³-hybridized carbons (Fsp3) is 0.0588. The number of benzene rings is 3. The van der Waals surface area contributed by atoms with Crippen LogP contribution in [0.15, 0.2) is 65.1 Å². The summed E-state index contributed by atoms with van der Waals surface area (Å²) in [4.78, 5) is 0. The van der Waals surface area contributed by atoms with E-state index in [4.69, 9.17) is 16.3 Å². The standard InChI is InChI=1S/C17H12BrClO/c18-15-7-5-13-10-16(8-6-12(13)9-15)20-11-14-3-1-2-4-17(14)19/h1-10H,11H2. The first-order valence-corrected chi connectivity index (χ1v) is 7.45. The summed E-state index contributed by atoms with van der Waals surface area (Å²) in [5, 5.41) is 3.08. The summed E-state index contributed by atoms with van der Waals surface area (Å²) < 4.78 is 6.89. The summed E-state index contributed by atoms with van der Waals surface area (Å²) in [5.41, 5.74) is 0.991. The van der Waals surface area contributed by atoms with Crippen molar-refractivity contribution in [2.75, 3.05) is 0 Å².